The van der Waals surface area contributed by atoms with Gasteiger partial charge in [0.25, 0.3) is 0 Å². The van der Waals surface area contributed by atoms with Gasteiger partial charge in [0.2, 0.25) is 5.91 Å². The third-order valence-electron chi connectivity index (χ3n) is 5.41. The molecule has 2 nitrogen and oxygen atoms in total. The Hall–Kier alpha value is -0.530. The first-order valence-electron chi connectivity index (χ1n) is 12.0. The quantitative estimate of drug-likeness (QED) is 0.200. The van der Waals surface area contributed by atoms with Gasteiger partial charge in [0.15, 0.2) is 0 Å². The van der Waals surface area contributed by atoms with Crippen LogP contribution in [0, 0.1) is 0 Å². The van der Waals surface area contributed by atoms with Crippen LogP contribution in [0.15, 0.2) is 0 Å². The van der Waals surface area contributed by atoms with Gasteiger partial charge in [0, 0.05) is 19.5 Å². The van der Waals surface area contributed by atoms with Crippen molar-refractivity contribution in [3.8, 4) is 0 Å². The van der Waals surface area contributed by atoms with Gasteiger partial charge in [-0.15, -0.1) is 0 Å². The summed E-state index contributed by atoms with van der Waals surface area (Å²) >= 11 is 0. The second-order valence-corrected chi connectivity index (χ2v) is 8.08. The van der Waals surface area contributed by atoms with E-state index in [4.69, 9.17) is 0 Å². The molecule has 0 aromatic rings. The first-order chi connectivity index (χ1) is 12.8. The molecular formula is C24H49NO. The maximum Gasteiger partial charge on any atom is 0.222 e. The summed E-state index contributed by atoms with van der Waals surface area (Å²) < 4.78 is 0. The highest BCUT2D eigenvalue weighted by Gasteiger charge is 2.12. The Balaban J connectivity index is 3.66. The van der Waals surface area contributed by atoms with Gasteiger partial charge < -0.3 is 4.90 Å². The van der Waals surface area contributed by atoms with E-state index in [1.54, 1.807) is 0 Å². The van der Waals surface area contributed by atoms with Crippen LogP contribution >= 0.6 is 0 Å². The standard InChI is InChI=1S/C24H49NO/c1-4-7-10-11-12-13-14-15-16-17-18-21-24(26)25(22-19-8-5-2)23-20-9-6-3/h4-23H2,1-3H3. The molecule has 26 heavy (non-hydrogen) atoms. The number of carbonyl (C=O) groups excluding carboxylic acids is 1. The molecule has 0 aromatic heterocycles. The first kappa shape index (κ1) is 25.5. The SMILES string of the molecule is CCCCCCCCCCCCCC(=O)N(CCCCC)CCCCC. The lowest BCUT2D eigenvalue weighted by Crippen LogP contribution is -2.32. The van der Waals surface area contributed by atoms with Crippen molar-refractivity contribution < 1.29 is 4.79 Å². The van der Waals surface area contributed by atoms with Crippen LogP contribution < -0.4 is 0 Å². The zero-order valence-corrected chi connectivity index (χ0v) is 18.5. The molecule has 0 radical (unpaired) electrons. The van der Waals surface area contributed by atoms with E-state index >= 15 is 0 Å². The Morgan fingerprint density at radius 2 is 0.846 bits per heavy atom. The molecule has 0 heterocycles. The largest absolute Gasteiger partial charge is 0.343 e. The molecule has 0 atom stereocenters. The number of carbonyl (C=O) groups is 1. The van der Waals surface area contributed by atoms with Crippen molar-refractivity contribution in [2.75, 3.05) is 13.1 Å². The van der Waals surface area contributed by atoms with Gasteiger partial charge in [0.1, 0.15) is 0 Å². The monoisotopic (exact) mass is 367 g/mol. The van der Waals surface area contributed by atoms with Crippen LogP contribution in [0.5, 0.6) is 0 Å². The van der Waals surface area contributed by atoms with E-state index < -0.39 is 0 Å². The van der Waals surface area contributed by atoms with E-state index in [-0.39, 0.29) is 0 Å². The average Bonchev–Trinajstić information content (AvgIpc) is 2.65. The summed E-state index contributed by atoms with van der Waals surface area (Å²) in [6.45, 7) is 8.70. The van der Waals surface area contributed by atoms with E-state index in [0.717, 1.165) is 25.9 Å². The third-order valence-corrected chi connectivity index (χ3v) is 5.41. The maximum absolute atomic E-state index is 12.5. The van der Waals surface area contributed by atoms with E-state index in [9.17, 15) is 4.79 Å². The molecule has 0 saturated carbocycles. The molecule has 0 bridgehead atoms. The van der Waals surface area contributed by atoms with E-state index in [1.807, 2.05) is 0 Å². The fourth-order valence-electron chi connectivity index (χ4n) is 3.57. The van der Waals surface area contributed by atoms with Crippen molar-refractivity contribution in [2.45, 2.75) is 136 Å². The second kappa shape index (κ2) is 20.8. The van der Waals surface area contributed by atoms with E-state index in [2.05, 4.69) is 25.7 Å². The van der Waals surface area contributed by atoms with Crippen molar-refractivity contribution in [2.24, 2.45) is 0 Å². The molecule has 0 aliphatic heterocycles. The van der Waals surface area contributed by atoms with Crippen molar-refractivity contribution in [3.05, 3.63) is 0 Å². The number of nitrogens with zero attached hydrogens (tertiary/aromatic N) is 1. The van der Waals surface area contributed by atoms with Crippen LogP contribution in [0.4, 0.5) is 0 Å². The second-order valence-electron chi connectivity index (χ2n) is 8.08. The fraction of sp³-hybridized carbons (Fsp3) is 0.958. The molecule has 0 aliphatic carbocycles. The molecule has 0 aliphatic rings. The number of rotatable bonds is 20. The van der Waals surface area contributed by atoms with Crippen LogP contribution in [0.1, 0.15) is 136 Å². The van der Waals surface area contributed by atoms with E-state index in [1.165, 1.54) is 103 Å². The minimum absolute atomic E-state index is 0.410. The predicted molar refractivity (Wildman–Crippen MR) is 117 cm³/mol. The lowest BCUT2D eigenvalue weighted by atomic mass is 10.0. The summed E-state index contributed by atoms with van der Waals surface area (Å²) in [6, 6.07) is 0. The van der Waals surface area contributed by atoms with Gasteiger partial charge in [-0.1, -0.05) is 111 Å². The lowest BCUT2D eigenvalue weighted by Gasteiger charge is -2.23. The highest BCUT2D eigenvalue weighted by molar-refractivity contribution is 5.76. The van der Waals surface area contributed by atoms with Gasteiger partial charge in [0.05, 0.1) is 0 Å². The Morgan fingerprint density at radius 1 is 0.500 bits per heavy atom. The molecule has 0 rings (SSSR count). The molecule has 0 fully saturated rings. The normalized spacial score (nSPS) is 11.0. The molecule has 2 heteroatoms. The van der Waals surface area contributed by atoms with Crippen LogP contribution in [0.3, 0.4) is 0 Å². The van der Waals surface area contributed by atoms with Gasteiger partial charge in [-0.3, -0.25) is 4.79 Å². The summed E-state index contributed by atoms with van der Waals surface area (Å²) in [4.78, 5) is 14.7. The summed E-state index contributed by atoms with van der Waals surface area (Å²) in [5.74, 6) is 0.410. The molecule has 0 unspecified atom stereocenters. The molecule has 0 aromatic carbocycles. The first-order valence-corrected chi connectivity index (χ1v) is 12.0. The Morgan fingerprint density at radius 3 is 1.27 bits per heavy atom. The third kappa shape index (κ3) is 16.9. The van der Waals surface area contributed by atoms with Crippen molar-refractivity contribution in [1.29, 1.82) is 0 Å². The molecule has 0 spiro atoms. The van der Waals surface area contributed by atoms with Crippen molar-refractivity contribution in [3.63, 3.8) is 0 Å². The predicted octanol–water partition coefficient (Wildman–Crippen LogP) is 7.90. The van der Waals surface area contributed by atoms with Gasteiger partial charge in [-0.2, -0.15) is 0 Å². The minimum atomic E-state index is 0.410. The summed E-state index contributed by atoms with van der Waals surface area (Å²) in [7, 11) is 0. The summed E-state index contributed by atoms with van der Waals surface area (Å²) in [5, 5.41) is 0. The Kier molecular flexibility index (Phi) is 20.4. The summed E-state index contributed by atoms with van der Waals surface area (Å²) in [5.41, 5.74) is 0. The number of amides is 1. The smallest absolute Gasteiger partial charge is 0.222 e. The Bertz CT molecular complexity index is 280. The van der Waals surface area contributed by atoms with Gasteiger partial charge >= 0.3 is 0 Å². The molecule has 1 amide bonds. The van der Waals surface area contributed by atoms with Crippen LogP contribution in [0.2, 0.25) is 0 Å². The van der Waals surface area contributed by atoms with Crippen molar-refractivity contribution >= 4 is 5.91 Å². The van der Waals surface area contributed by atoms with Gasteiger partial charge in [-0.05, 0) is 19.3 Å². The van der Waals surface area contributed by atoms with Gasteiger partial charge in [-0.25, -0.2) is 0 Å². The zero-order chi connectivity index (χ0) is 19.3. The number of unbranched alkanes of at least 4 members (excludes halogenated alkanes) is 14. The number of hydrogen-bond donors (Lipinski definition) is 0. The van der Waals surface area contributed by atoms with Crippen LogP contribution in [-0.4, -0.2) is 23.9 Å². The van der Waals surface area contributed by atoms with Crippen LogP contribution in [-0.2, 0) is 4.79 Å². The average molecular weight is 368 g/mol. The molecule has 0 saturated heterocycles. The summed E-state index contributed by atoms with van der Waals surface area (Å²) in [6.07, 6.45) is 22.9. The van der Waals surface area contributed by atoms with Crippen molar-refractivity contribution in [1.82, 2.24) is 4.90 Å². The zero-order valence-electron chi connectivity index (χ0n) is 18.5. The topological polar surface area (TPSA) is 20.3 Å². The number of hydrogen-bond acceptors (Lipinski definition) is 1. The molecule has 0 N–H and O–H groups in total. The van der Waals surface area contributed by atoms with E-state index in [0.29, 0.717) is 5.91 Å². The highest BCUT2D eigenvalue weighted by atomic mass is 16.2. The molecule has 156 valence electrons. The fourth-order valence-corrected chi connectivity index (χ4v) is 3.57. The Labute approximate surface area is 165 Å². The van der Waals surface area contributed by atoms with Crippen LogP contribution in [0.25, 0.3) is 0 Å². The lowest BCUT2D eigenvalue weighted by molar-refractivity contribution is -0.131. The molecular weight excluding hydrogens is 318 g/mol. The minimum Gasteiger partial charge on any atom is -0.343 e. The maximum atomic E-state index is 12.5. The highest BCUT2D eigenvalue weighted by Crippen LogP contribution is 2.13.